The summed E-state index contributed by atoms with van der Waals surface area (Å²) in [6.45, 7) is -0.339. The number of ether oxygens (including phenoxy) is 1. The van der Waals surface area contributed by atoms with E-state index in [2.05, 4.69) is 0 Å². The van der Waals surface area contributed by atoms with Crippen molar-refractivity contribution >= 4 is 11.8 Å². The van der Waals surface area contributed by atoms with E-state index in [9.17, 15) is 30.0 Å². The van der Waals surface area contributed by atoms with Crippen molar-refractivity contribution in [2.24, 2.45) is 0 Å². The van der Waals surface area contributed by atoms with Crippen LogP contribution in [-0.4, -0.2) is 74.4 Å². The molecule has 1 aromatic rings. The first-order valence-corrected chi connectivity index (χ1v) is 6.74. The highest BCUT2D eigenvalue weighted by molar-refractivity contribution is 6.21. The topological polar surface area (TPSA) is 128 Å². The average molecular weight is 309 g/mol. The Bertz CT molecular complexity index is 584. The van der Waals surface area contributed by atoms with Gasteiger partial charge in [-0.2, -0.15) is 0 Å². The van der Waals surface area contributed by atoms with Crippen molar-refractivity contribution in [3.63, 3.8) is 0 Å². The minimum Gasteiger partial charge on any atom is -0.388 e. The second kappa shape index (κ2) is 5.41. The second-order valence-corrected chi connectivity index (χ2v) is 5.30. The summed E-state index contributed by atoms with van der Waals surface area (Å²) in [5.41, 5.74) is 0.498. The summed E-state index contributed by atoms with van der Waals surface area (Å²) in [5.74, 6) is -1.07. The summed E-state index contributed by atoms with van der Waals surface area (Å²) in [4.78, 5) is 25.3. The molecule has 0 aromatic heterocycles. The minimum absolute atomic E-state index is 0.249. The summed E-state index contributed by atoms with van der Waals surface area (Å²) in [6.07, 6.45) is -7.74. The summed E-state index contributed by atoms with van der Waals surface area (Å²) < 4.78 is 4.99. The van der Waals surface area contributed by atoms with Gasteiger partial charge in [0.2, 0.25) is 0 Å². The number of nitrogens with zero attached hydrogens (tertiary/aromatic N) is 1. The number of benzene rings is 1. The fourth-order valence-corrected chi connectivity index (χ4v) is 2.67. The number of hydrogen-bond acceptors (Lipinski definition) is 7. The van der Waals surface area contributed by atoms with Crippen molar-refractivity contribution in [3.05, 3.63) is 35.4 Å². The molecule has 2 amide bonds. The lowest BCUT2D eigenvalue weighted by Crippen LogP contribution is -2.60. The Kier molecular flexibility index (Phi) is 3.71. The van der Waals surface area contributed by atoms with Gasteiger partial charge in [-0.15, -0.1) is 0 Å². The Morgan fingerprint density at radius 1 is 0.909 bits per heavy atom. The maximum atomic E-state index is 12.2. The van der Waals surface area contributed by atoms with Crippen LogP contribution in [0.4, 0.5) is 0 Å². The van der Waals surface area contributed by atoms with Crippen LogP contribution < -0.4 is 0 Å². The Hall–Kier alpha value is -1.84. The van der Waals surface area contributed by atoms with Crippen LogP contribution in [0.25, 0.3) is 0 Å². The van der Waals surface area contributed by atoms with Gasteiger partial charge in [0.1, 0.15) is 24.4 Å². The largest absolute Gasteiger partial charge is 0.388 e. The van der Waals surface area contributed by atoms with Gasteiger partial charge in [0.25, 0.3) is 11.8 Å². The zero-order valence-corrected chi connectivity index (χ0v) is 11.4. The van der Waals surface area contributed by atoms with Crippen molar-refractivity contribution in [2.45, 2.75) is 30.7 Å². The Morgan fingerprint density at radius 2 is 1.45 bits per heavy atom. The standard InChI is InChI=1S/C14H15NO7/c16-9-8(22-14(21)11(18)10(9)17)5-15-12(19)6-3-1-2-4-7(6)13(15)20/h1-4,8-11,14,16-18,21H,5H2/t8-,9+,10+,11-,14+/m1/s1. The number of amides is 2. The van der Waals surface area contributed by atoms with E-state index >= 15 is 0 Å². The molecule has 0 bridgehead atoms. The maximum Gasteiger partial charge on any atom is 0.261 e. The van der Waals surface area contributed by atoms with Crippen LogP contribution >= 0.6 is 0 Å². The summed E-state index contributed by atoms with van der Waals surface area (Å²) >= 11 is 0. The van der Waals surface area contributed by atoms with E-state index in [0.717, 1.165) is 4.90 Å². The predicted octanol–water partition coefficient (Wildman–Crippen LogP) is -1.92. The minimum atomic E-state index is -1.71. The molecular weight excluding hydrogens is 294 g/mol. The zero-order chi connectivity index (χ0) is 16.0. The lowest BCUT2D eigenvalue weighted by Gasteiger charge is -2.39. The van der Waals surface area contributed by atoms with Gasteiger partial charge < -0.3 is 25.2 Å². The number of hydrogen-bond donors (Lipinski definition) is 4. The Balaban J connectivity index is 1.80. The molecule has 2 aliphatic heterocycles. The monoisotopic (exact) mass is 309 g/mol. The first-order chi connectivity index (χ1) is 10.4. The van der Waals surface area contributed by atoms with Gasteiger partial charge in [-0.25, -0.2) is 0 Å². The third-order valence-corrected chi connectivity index (χ3v) is 3.93. The van der Waals surface area contributed by atoms with Gasteiger partial charge in [-0.3, -0.25) is 14.5 Å². The molecule has 1 saturated heterocycles. The van der Waals surface area contributed by atoms with E-state index in [1.54, 1.807) is 12.1 Å². The third kappa shape index (κ3) is 2.21. The molecule has 8 nitrogen and oxygen atoms in total. The predicted molar refractivity (Wildman–Crippen MR) is 70.7 cm³/mol. The number of aliphatic hydroxyl groups excluding tert-OH is 4. The van der Waals surface area contributed by atoms with Crippen LogP contribution in [0.5, 0.6) is 0 Å². The van der Waals surface area contributed by atoms with Crippen LogP contribution in [0.2, 0.25) is 0 Å². The van der Waals surface area contributed by atoms with Crippen molar-refractivity contribution < 1.29 is 34.8 Å². The summed E-state index contributed by atoms with van der Waals surface area (Å²) in [6, 6.07) is 6.29. The molecule has 0 aliphatic carbocycles. The Morgan fingerprint density at radius 3 is 2.00 bits per heavy atom. The van der Waals surface area contributed by atoms with Crippen molar-refractivity contribution in [3.8, 4) is 0 Å². The molecule has 0 saturated carbocycles. The number of carbonyl (C=O) groups excluding carboxylic acids is 2. The normalized spacial score (nSPS) is 34.9. The quantitative estimate of drug-likeness (QED) is 0.469. The van der Waals surface area contributed by atoms with Gasteiger partial charge in [-0.05, 0) is 12.1 Å². The van der Waals surface area contributed by atoms with Crippen molar-refractivity contribution in [1.82, 2.24) is 4.90 Å². The van der Waals surface area contributed by atoms with Crippen LogP contribution in [0.1, 0.15) is 20.7 Å². The summed E-state index contributed by atoms with van der Waals surface area (Å²) in [5, 5.41) is 38.4. The number of aliphatic hydroxyl groups is 4. The molecular formula is C14H15NO7. The highest BCUT2D eigenvalue weighted by Crippen LogP contribution is 2.26. The number of imide groups is 1. The Labute approximate surface area is 125 Å². The first-order valence-electron chi connectivity index (χ1n) is 6.74. The van der Waals surface area contributed by atoms with Gasteiger partial charge in [0, 0.05) is 0 Å². The van der Waals surface area contributed by atoms with Gasteiger partial charge in [-0.1, -0.05) is 12.1 Å². The first kappa shape index (κ1) is 15.1. The van der Waals surface area contributed by atoms with E-state index in [1.807, 2.05) is 0 Å². The van der Waals surface area contributed by atoms with Gasteiger partial charge in [0.05, 0.1) is 17.7 Å². The SMILES string of the molecule is O=C1c2ccccc2C(=O)N1C[C@H]1O[C@H](O)[C@H](O)[C@@H](O)[C@H]1O. The molecule has 0 radical (unpaired) electrons. The van der Waals surface area contributed by atoms with Crippen LogP contribution in [0.15, 0.2) is 24.3 Å². The smallest absolute Gasteiger partial charge is 0.261 e. The molecule has 0 unspecified atom stereocenters. The van der Waals surface area contributed by atoms with Crippen molar-refractivity contribution in [2.75, 3.05) is 6.54 Å². The average Bonchev–Trinajstić information content (AvgIpc) is 2.76. The number of carbonyl (C=O) groups is 2. The highest BCUT2D eigenvalue weighted by Gasteiger charge is 2.46. The third-order valence-electron chi connectivity index (χ3n) is 3.93. The molecule has 8 heteroatoms. The van der Waals surface area contributed by atoms with Crippen LogP contribution in [0.3, 0.4) is 0 Å². The molecule has 5 atom stereocenters. The van der Waals surface area contributed by atoms with E-state index < -0.39 is 42.5 Å². The fraction of sp³-hybridized carbons (Fsp3) is 0.429. The van der Waals surface area contributed by atoms with E-state index in [0.29, 0.717) is 0 Å². The highest BCUT2D eigenvalue weighted by atomic mass is 16.6. The molecule has 3 rings (SSSR count). The molecule has 0 spiro atoms. The lowest BCUT2D eigenvalue weighted by atomic mass is 9.98. The van der Waals surface area contributed by atoms with E-state index in [4.69, 9.17) is 4.74 Å². The van der Waals surface area contributed by atoms with Crippen molar-refractivity contribution in [1.29, 1.82) is 0 Å². The summed E-state index contributed by atoms with van der Waals surface area (Å²) in [7, 11) is 0. The van der Waals surface area contributed by atoms with Gasteiger partial charge in [0.15, 0.2) is 6.29 Å². The van der Waals surface area contributed by atoms with Crippen LogP contribution in [-0.2, 0) is 4.74 Å². The maximum absolute atomic E-state index is 12.2. The van der Waals surface area contributed by atoms with Gasteiger partial charge >= 0.3 is 0 Å². The molecule has 2 aliphatic rings. The second-order valence-electron chi connectivity index (χ2n) is 5.30. The van der Waals surface area contributed by atoms with Crippen LogP contribution in [0, 0.1) is 0 Å². The molecule has 1 fully saturated rings. The van der Waals surface area contributed by atoms with E-state index in [1.165, 1.54) is 12.1 Å². The molecule has 22 heavy (non-hydrogen) atoms. The molecule has 118 valence electrons. The fourth-order valence-electron chi connectivity index (χ4n) is 2.67. The molecule has 2 heterocycles. The molecule has 4 N–H and O–H groups in total. The number of rotatable bonds is 2. The van der Waals surface area contributed by atoms with E-state index in [-0.39, 0.29) is 17.7 Å². The number of fused-ring (bicyclic) bond motifs is 1. The molecule has 1 aromatic carbocycles. The lowest BCUT2D eigenvalue weighted by molar-refractivity contribution is -0.281. The zero-order valence-electron chi connectivity index (χ0n) is 11.4.